The van der Waals surface area contributed by atoms with E-state index in [1.165, 1.54) is 0 Å². The standard InChI is InChI=1S/C15H16ClNO2S/c16-11-2-1-3-15(8-11)20-10-13(18)9-19-14-6-4-12(17)5-7-14/h1-8,13,18H,9-10,17H2. The van der Waals surface area contributed by atoms with Crippen molar-refractivity contribution in [3.05, 3.63) is 53.6 Å². The molecule has 2 aromatic carbocycles. The Morgan fingerprint density at radius 3 is 2.65 bits per heavy atom. The smallest absolute Gasteiger partial charge is 0.119 e. The van der Waals surface area contributed by atoms with Crippen LogP contribution in [-0.2, 0) is 0 Å². The number of aliphatic hydroxyl groups excluding tert-OH is 1. The molecule has 106 valence electrons. The van der Waals surface area contributed by atoms with E-state index in [0.29, 0.717) is 22.2 Å². The van der Waals surface area contributed by atoms with Gasteiger partial charge >= 0.3 is 0 Å². The highest BCUT2D eigenvalue weighted by molar-refractivity contribution is 7.99. The third-order valence-corrected chi connectivity index (χ3v) is 3.93. The molecule has 0 fully saturated rings. The fourth-order valence-corrected chi connectivity index (χ4v) is 2.67. The summed E-state index contributed by atoms with van der Waals surface area (Å²) in [5.74, 6) is 1.25. The molecule has 5 heteroatoms. The lowest BCUT2D eigenvalue weighted by Gasteiger charge is -2.12. The lowest BCUT2D eigenvalue weighted by Crippen LogP contribution is -2.20. The average molecular weight is 310 g/mol. The minimum atomic E-state index is -0.545. The fraction of sp³-hybridized carbons (Fsp3) is 0.200. The van der Waals surface area contributed by atoms with Crippen molar-refractivity contribution in [3.63, 3.8) is 0 Å². The van der Waals surface area contributed by atoms with Crippen LogP contribution in [0.1, 0.15) is 0 Å². The number of aliphatic hydroxyl groups is 1. The van der Waals surface area contributed by atoms with Gasteiger partial charge in [0.2, 0.25) is 0 Å². The van der Waals surface area contributed by atoms with Gasteiger partial charge in [-0.05, 0) is 42.5 Å². The Balaban J connectivity index is 1.75. The van der Waals surface area contributed by atoms with Gasteiger partial charge in [0, 0.05) is 21.4 Å². The number of halogens is 1. The third-order valence-electron chi connectivity index (χ3n) is 2.56. The van der Waals surface area contributed by atoms with Crippen molar-refractivity contribution in [1.82, 2.24) is 0 Å². The molecule has 2 rings (SSSR count). The molecule has 0 saturated carbocycles. The highest BCUT2D eigenvalue weighted by Gasteiger charge is 2.06. The van der Waals surface area contributed by atoms with Gasteiger partial charge in [-0.3, -0.25) is 0 Å². The molecule has 0 aliphatic rings. The second kappa shape index (κ2) is 7.43. The zero-order valence-corrected chi connectivity index (χ0v) is 12.4. The number of ether oxygens (including phenoxy) is 1. The molecule has 3 nitrogen and oxygen atoms in total. The van der Waals surface area contributed by atoms with Crippen molar-refractivity contribution >= 4 is 29.1 Å². The van der Waals surface area contributed by atoms with Gasteiger partial charge in [-0.25, -0.2) is 0 Å². The first-order chi connectivity index (χ1) is 9.63. The van der Waals surface area contributed by atoms with Gasteiger partial charge in [-0.15, -0.1) is 11.8 Å². The Hall–Kier alpha value is -1.36. The summed E-state index contributed by atoms with van der Waals surface area (Å²) in [6.07, 6.45) is -0.545. The molecule has 20 heavy (non-hydrogen) atoms. The Morgan fingerprint density at radius 2 is 1.95 bits per heavy atom. The van der Waals surface area contributed by atoms with E-state index in [1.54, 1.807) is 36.0 Å². The maximum absolute atomic E-state index is 9.89. The van der Waals surface area contributed by atoms with Crippen molar-refractivity contribution in [2.24, 2.45) is 0 Å². The second-order valence-electron chi connectivity index (χ2n) is 4.30. The molecular weight excluding hydrogens is 294 g/mol. The fourth-order valence-electron chi connectivity index (χ4n) is 1.55. The van der Waals surface area contributed by atoms with Crippen LogP contribution in [0.2, 0.25) is 5.02 Å². The van der Waals surface area contributed by atoms with Gasteiger partial charge in [-0.1, -0.05) is 17.7 Å². The van der Waals surface area contributed by atoms with E-state index >= 15 is 0 Å². The maximum atomic E-state index is 9.89. The Morgan fingerprint density at radius 1 is 1.20 bits per heavy atom. The number of rotatable bonds is 6. The highest BCUT2D eigenvalue weighted by atomic mass is 35.5. The van der Waals surface area contributed by atoms with Crippen LogP contribution < -0.4 is 10.5 Å². The molecule has 0 aromatic heterocycles. The first-order valence-corrected chi connectivity index (χ1v) is 7.54. The number of nitrogens with two attached hydrogens (primary N) is 1. The summed E-state index contributed by atoms with van der Waals surface area (Å²) >= 11 is 7.45. The minimum Gasteiger partial charge on any atom is -0.491 e. The zero-order chi connectivity index (χ0) is 14.4. The molecule has 2 aromatic rings. The molecule has 1 atom stereocenters. The van der Waals surface area contributed by atoms with Crippen molar-refractivity contribution in [2.45, 2.75) is 11.0 Å². The highest BCUT2D eigenvalue weighted by Crippen LogP contribution is 2.22. The van der Waals surface area contributed by atoms with Gasteiger partial charge in [0.25, 0.3) is 0 Å². The van der Waals surface area contributed by atoms with Crippen LogP contribution in [0.5, 0.6) is 5.75 Å². The van der Waals surface area contributed by atoms with Crippen LogP contribution in [-0.4, -0.2) is 23.6 Å². The van der Waals surface area contributed by atoms with Gasteiger partial charge in [-0.2, -0.15) is 0 Å². The summed E-state index contributed by atoms with van der Waals surface area (Å²) in [6, 6.07) is 14.7. The van der Waals surface area contributed by atoms with Gasteiger partial charge in [0.05, 0.1) is 6.10 Å². The average Bonchev–Trinajstić information content (AvgIpc) is 2.45. The van der Waals surface area contributed by atoms with E-state index in [0.717, 1.165) is 4.90 Å². The predicted octanol–water partition coefficient (Wildman–Crippen LogP) is 3.45. The monoisotopic (exact) mass is 309 g/mol. The predicted molar refractivity (Wildman–Crippen MR) is 84.5 cm³/mol. The van der Waals surface area contributed by atoms with Crippen LogP contribution in [0, 0.1) is 0 Å². The molecule has 0 bridgehead atoms. The van der Waals surface area contributed by atoms with Crippen molar-refractivity contribution < 1.29 is 9.84 Å². The van der Waals surface area contributed by atoms with Gasteiger partial charge in [0.1, 0.15) is 12.4 Å². The first-order valence-electron chi connectivity index (χ1n) is 6.18. The largest absolute Gasteiger partial charge is 0.491 e. The zero-order valence-electron chi connectivity index (χ0n) is 10.8. The summed E-state index contributed by atoms with van der Waals surface area (Å²) in [6.45, 7) is 0.248. The van der Waals surface area contributed by atoms with Crippen LogP contribution >= 0.6 is 23.4 Å². The second-order valence-corrected chi connectivity index (χ2v) is 5.83. The molecule has 0 aliphatic carbocycles. The van der Waals surface area contributed by atoms with E-state index in [2.05, 4.69) is 0 Å². The van der Waals surface area contributed by atoms with E-state index < -0.39 is 6.10 Å². The molecule has 1 unspecified atom stereocenters. The van der Waals surface area contributed by atoms with E-state index in [1.807, 2.05) is 24.3 Å². The topological polar surface area (TPSA) is 55.5 Å². The van der Waals surface area contributed by atoms with Crippen molar-refractivity contribution in [3.8, 4) is 5.75 Å². The van der Waals surface area contributed by atoms with Crippen LogP contribution in [0.15, 0.2) is 53.4 Å². The first kappa shape index (κ1) is 15.0. The molecule has 0 radical (unpaired) electrons. The number of thioether (sulfide) groups is 1. The number of anilines is 1. The molecular formula is C15H16ClNO2S. The summed E-state index contributed by atoms with van der Waals surface area (Å²) in [7, 11) is 0. The lowest BCUT2D eigenvalue weighted by molar-refractivity contribution is 0.126. The van der Waals surface area contributed by atoms with Crippen LogP contribution in [0.4, 0.5) is 5.69 Å². The van der Waals surface area contributed by atoms with Gasteiger partial charge < -0.3 is 15.6 Å². The molecule has 3 N–H and O–H groups in total. The third kappa shape index (κ3) is 4.96. The Bertz CT molecular complexity index is 548. The number of hydrogen-bond acceptors (Lipinski definition) is 4. The Labute approximate surface area is 127 Å². The van der Waals surface area contributed by atoms with Crippen molar-refractivity contribution in [2.75, 3.05) is 18.1 Å². The van der Waals surface area contributed by atoms with Crippen LogP contribution in [0.25, 0.3) is 0 Å². The molecule has 0 aliphatic heterocycles. The summed E-state index contributed by atoms with van der Waals surface area (Å²) in [4.78, 5) is 1.03. The summed E-state index contributed by atoms with van der Waals surface area (Å²) in [5, 5.41) is 10.6. The van der Waals surface area contributed by atoms with E-state index in [-0.39, 0.29) is 6.61 Å². The quantitative estimate of drug-likeness (QED) is 0.634. The lowest BCUT2D eigenvalue weighted by atomic mass is 10.3. The molecule has 0 amide bonds. The minimum absolute atomic E-state index is 0.248. The van der Waals surface area contributed by atoms with E-state index in [9.17, 15) is 5.11 Å². The van der Waals surface area contributed by atoms with Crippen LogP contribution in [0.3, 0.4) is 0 Å². The molecule has 0 spiro atoms. The SMILES string of the molecule is Nc1ccc(OCC(O)CSc2cccc(Cl)c2)cc1. The summed E-state index contributed by atoms with van der Waals surface area (Å²) in [5.41, 5.74) is 6.28. The molecule has 0 heterocycles. The van der Waals surface area contributed by atoms with E-state index in [4.69, 9.17) is 22.1 Å². The molecule has 0 saturated heterocycles. The normalized spacial score (nSPS) is 12.1. The Kier molecular flexibility index (Phi) is 5.59. The number of nitrogen functional groups attached to an aromatic ring is 1. The number of benzene rings is 2. The maximum Gasteiger partial charge on any atom is 0.119 e. The number of hydrogen-bond donors (Lipinski definition) is 2. The van der Waals surface area contributed by atoms with Crippen molar-refractivity contribution in [1.29, 1.82) is 0 Å². The summed E-state index contributed by atoms with van der Waals surface area (Å²) < 4.78 is 5.49. The van der Waals surface area contributed by atoms with Gasteiger partial charge in [0.15, 0.2) is 0 Å².